The summed E-state index contributed by atoms with van der Waals surface area (Å²) in [6, 6.07) is 13.2. The van der Waals surface area contributed by atoms with E-state index < -0.39 is 0 Å². The molecule has 1 amide bonds. The maximum absolute atomic E-state index is 12.0. The van der Waals surface area contributed by atoms with Crippen molar-refractivity contribution in [3.63, 3.8) is 0 Å². The standard InChI is InChI=1S/C16H14ClN3O/c17-13-5-1-11(2-6-13)3-8-16(21)19-14-7-4-12-10-18-20-15(12)9-14/h1-2,4-7,9-10H,3,8H2,(H,18,20)(H,19,21). The summed E-state index contributed by atoms with van der Waals surface area (Å²) in [6.45, 7) is 0. The van der Waals surface area contributed by atoms with Crippen LogP contribution in [0, 0.1) is 0 Å². The van der Waals surface area contributed by atoms with Gasteiger partial charge < -0.3 is 5.32 Å². The van der Waals surface area contributed by atoms with Gasteiger partial charge in [-0.25, -0.2) is 0 Å². The second-order valence-corrected chi connectivity index (χ2v) is 5.28. The molecule has 0 radical (unpaired) electrons. The van der Waals surface area contributed by atoms with E-state index in [-0.39, 0.29) is 5.91 Å². The number of hydrogen-bond acceptors (Lipinski definition) is 2. The van der Waals surface area contributed by atoms with Crippen molar-refractivity contribution in [1.29, 1.82) is 0 Å². The molecule has 0 saturated heterocycles. The number of aryl methyl sites for hydroxylation is 1. The van der Waals surface area contributed by atoms with Crippen molar-refractivity contribution in [3.8, 4) is 0 Å². The first-order chi connectivity index (χ1) is 10.2. The lowest BCUT2D eigenvalue weighted by molar-refractivity contribution is -0.116. The lowest BCUT2D eigenvalue weighted by Gasteiger charge is -2.05. The monoisotopic (exact) mass is 299 g/mol. The molecule has 2 N–H and O–H groups in total. The number of aromatic amines is 1. The van der Waals surface area contributed by atoms with Crippen LogP contribution in [0.2, 0.25) is 5.02 Å². The van der Waals surface area contributed by atoms with Gasteiger partial charge >= 0.3 is 0 Å². The van der Waals surface area contributed by atoms with Crippen LogP contribution in [0.25, 0.3) is 10.9 Å². The van der Waals surface area contributed by atoms with Gasteiger partial charge in [-0.05, 0) is 42.3 Å². The number of rotatable bonds is 4. The molecule has 21 heavy (non-hydrogen) atoms. The molecule has 0 aliphatic heterocycles. The number of amides is 1. The third kappa shape index (κ3) is 3.41. The van der Waals surface area contributed by atoms with Crippen LogP contribution < -0.4 is 5.32 Å². The van der Waals surface area contributed by atoms with E-state index in [1.807, 2.05) is 42.5 Å². The summed E-state index contributed by atoms with van der Waals surface area (Å²) in [5, 5.41) is 11.5. The molecule has 1 aromatic heterocycles. The van der Waals surface area contributed by atoms with Gasteiger partial charge in [0.25, 0.3) is 0 Å². The van der Waals surface area contributed by atoms with Gasteiger partial charge in [0.1, 0.15) is 0 Å². The number of carbonyl (C=O) groups excluding carboxylic acids is 1. The van der Waals surface area contributed by atoms with Crippen LogP contribution in [0.5, 0.6) is 0 Å². The van der Waals surface area contributed by atoms with Crippen LogP contribution in [0.1, 0.15) is 12.0 Å². The van der Waals surface area contributed by atoms with Gasteiger partial charge in [0, 0.05) is 22.5 Å². The van der Waals surface area contributed by atoms with Crippen LogP contribution >= 0.6 is 11.6 Å². The number of hydrogen-bond donors (Lipinski definition) is 2. The molecule has 4 nitrogen and oxygen atoms in total. The Morgan fingerprint density at radius 2 is 2.00 bits per heavy atom. The summed E-state index contributed by atoms with van der Waals surface area (Å²) in [5.74, 6) is -0.0104. The second-order valence-electron chi connectivity index (χ2n) is 4.85. The highest BCUT2D eigenvalue weighted by Crippen LogP contribution is 2.17. The van der Waals surface area contributed by atoms with Crippen molar-refractivity contribution in [2.24, 2.45) is 0 Å². The van der Waals surface area contributed by atoms with Gasteiger partial charge in [-0.1, -0.05) is 23.7 Å². The average Bonchev–Trinajstić information content (AvgIpc) is 2.94. The average molecular weight is 300 g/mol. The number of anilines is 1. The Hall–Kier alpha value is -2.33. The first kappa shape index (κ1) is 13.6. The van der Waals surface area contributed by atoms with Crippen molar-refractivity contribution in [2.75, 3.05) is 5.32 Å². The van der Waals surface area contributed by atoms with Gasteiger partial charge in [0.15, 0.2) is 0 Å². The molecule has 0 aliphatic carbocycles. The van der Waals surface area contributed by atoms with Crippen LogP contribution in [0.15, 0.2) is 48.7 Å². The van der Waals surface area contributed by atoms with E-state index in [2.05, 4.69) is 15.5 Å². The minimum atomic E-state index is -0.0104. The summed E-state index contributed by atoms with van der Waals surface area (Å²) >= 11 is 5.83. The number of benzene rings is 2. The predicted octanol–water partition coefficient (Wildman–Crippen LogP) is 3.79. The van der Waals surface area contributed by atoms with Gasteiger partial charge in [-0.3, -0.25) is 9.89 Å². The molecule has 5 heteroatoms. The Morgan fingerprint density at radius 1 is 1.19 bits per heavy atom. The van der Waals surface area contributed by atoms with Crippen LogP contribution in [-0.4, -0.2) is 16.1 Å². The molecular formula is C16H14ClN3O. The van der Waals surface area contributed by atoms with Gasteiger partial charge in [-0.2, -0.15) is 5.10 Å². The van der Waals surface area contributed by atoms with Crippen LogP contribution in [0.4, 0.5) is 5.69 Å². The molecule has 0 bridgehead atoms. The summed E-state index contributed by atoms with van der Waals surface area (Å²) in [4.78, 5) is 12.0. The molecule has 0 spiro atoms. The molecule has 0 atom stereocenters. The quantitative estimate of drug-likeness (QED) is 0.770. The number of aromatic nitrogens is 2. The first-order valence-corrected chi connectivity index (χ1v) is 7.06. The van der Waals surface area contributed by atoms with Crippen molar-refractivity contribution >= 4 is 34.1 Å². The number of carbonyl (C=O) groups is 1. The Labute approximate surface area is 127 Å². The fourth-order valence-corrected chi connectivity index (χ4v) is 2.27. The number of H-pyrrole nitrogens is 1. The topological polar surface area (TPSA) is 57.8 Å². The van der Waals surface area contributed by atoms with E-state index in [1.54, 1.807) is 6.20 Å². The van der Waals surface area contributed by atoms with E-state index in [0.29, 0.717) is 17.9 Å². The normalized spacial score (nSPS) is 10.7. The van der Waals surface area contributed by atoms with Crippen molar-refractivity contribution in [3.05, 3.63) is 59.2 Å². The Balaban J connectivity index is 1.59. The van der Waals surface area contributed by atoms with Gasteiger partial charge in [0.05, 0.1) is 11.7 Å². The highest BCUT2D eigenvalue weighted by Gasteiger charge is 2.04. The maximum Gasteiger partial charge on any atom is 0.224 e. The van der Waals surface area contributed by atoms with E-state index in [0.717, 1.165) is 22.2 Å². The minimum absolute atomic E-state index is 0.0104. The Bertz CT molecular complexity index is 765. The predicted molar refractivity (Wildman–Crippen MR) is 84.5 cm³/mol. The summed E-state index contributed by atoms with van der Waals surface area (Å²) in [6.07, 6.45) is 2.87. The van der Waals surface area contributed by atoms with E-state index in [4.69, 9.17) is 11.6 Å². The minimum Gasteiger partial charge on any atom is -0.326 e. The van der Waals surface area contributed by atoms with Crippen LogP contribution in [-0.2, 0) is 11.2 Å². The molecular weight excluding hydrogens is 286 g/mol. The second kappa shape index (κ2) is 5.97. The third-order valence-corrected chi connectivity index (χ3v) is 3.53. The van der Waals surface area contributed by atoms with E-state index in [9.17, 15) is 4.79 Å². The Kier molecular flexibility index (Phi) is 3.88. The van der Waals surface area contributed by atoms with E-state index in [1.165, 1.54) is 0 Å². The van der Waals surface area contributed by atoms with Crippen molar-refractivity contribution < 1.29 is 4.79 Å². The van der Waals surface area contributed by atoms with Crippen LogP contribution in [0.3, 0.4) is 0 Å². The van der Waals surface area contributed by atoms with Crippen molar-refractivity contribution in [1.82, 2.24) is 10.2 Å². The largest absolute Gasteiger partial charge is 0.326 e. The molecule has 2 aromatic carbocycles. The summed E-state index contributed by atoms with van der Waals surface area (Å²) < 4.78 is 0. The molecule has 1 heterocycles. The number of nitrogens with zero attached hydrogens (tertiary/aromatic N) is 1. The van der Waals surface area contributed by atoms with Crippen molar-refractivity contribution in [2.45, 2.75) is 12.8 Å². The first-order valence-electron chi connectivity index (χ1n) is 6.68. The molecule has 3 rings (SSSR count). The fraction of sp³-hybridized carbons (Fsp3) is 0.125. The SMILES string of the molecule is O=C(CCc1ccc(Cl)cc1)Nc1ccc2cn[nH]c2c1. The highest BCUT2D eigenvalue weighted by molar-refractivity contribution is 6.30. The smallest absolute Gasteiger partial charge is 0.224 e. The highest BCUT2D eigenvalue weighted by atomic mass is 35.5. The summed E-state index contributed by atoms with van der Waals surface area (Å²) in [5.41, 5.74) is 2.77. The third-order valence-electron chi connectivity index (χ3n) is 3.28. The molecule has 0 fully saturated rings. The number of fused-ring (bicyclic) bond motifs is 1. The lowest BCUT2D eigenvalue weighted by atomic mass is 10.1. The van der Waals surface area contributed by atoms with Gasteiger partial charge in [0.2, 0.25) is 5.91 Å². The molecule has 3 aromatic rings. The molecule has 0 unspecified atom stereocenters. The van der Waals surface area contributed by atoms with Gasteiger partial charge in [-0.15, -0.1) is 0 Å². The molecule has 0 aliphatic rings. The zero-order valence-electron chi connectivity index (χ0n) is 11.3. The maximum atomic E-state index is 12.0. The van der Waals surface area contributed by atoms with E-state index >= 15 is 0 Å². The summed E-state index contributed by atoms with van der Waals surface area (Å²) in [7, 11) is 0. The molecule has 0 saturated carbocycles. The number of nitrogens with one attached hydrogen (secondary N) is 2. The fourth-order valence-electron chi connectivity index (χ4n) is 2.15. The Morgan fingerprint density at radius 3 is 2.81 bits per heavy atom. The molecule has 106 valence electrons. The zero-order valence-corrected chi connectivity index (χ0v) is 12.0. The lowest BCUT2D eigenvalue weighted by Crippen LogP contribution is -2.12. The number of halogens is 1. The zero-order chi connectivity index (χ0) is 14.7.